The van der Waals surface area contributed by atoms with Crippen LogP contribution in [-0.2, 0) is 19.9 Å². The molecule has 0 spiro atoms. The van der Waals surface area contributed by atoms with Crippen LogP contribution in [0.15, 0.2) is 21.2 Å². The summed E-state index contributed by atoms with van der Waals surface area (Å²) in [5.41, 5.74) is 0.515. The smallest absolute Gasteiger partial charge is 0.356 e. The normalized spacial score (nSPS) is 21.6. The fraction of sp³-hybridized carbons (Fsp3) is 0.250. The van der Waals surface area contributed by atoms with Crippen molar-refractivity contribution >= 4 is 37.2 Å². The Morgan fingerprint density at radius 1 is 1.53 bits per heavy atom. The number of aromatic carboxylic acids is 1. The summed E-state index contributed by atoms with van der Waals surface area (Å²) in [5.74, 6) is -1.84. The second-order valence-electron chi connectivity index (χ2n) is 3.68. The molecule has 0 aromatic carbocycles. The van der Waals surface area contributed by atoms with E-state index in [4.69, 9.17) is 5.11 Å². The van der Waals surface area contributed by atoms with Crippen LogP contribution in [0.5, 0.6) is 0 Å². The van der Waals surface area contributed by atoms with Gasteiger partial charge in [-0.05, 0) is 0 Å². The van der Waals surface area contributed by atoms with Crippen LogP contribution in [0, 0.1) is 0 Å². The molecule has 1 atom stereocenters. The molecule has 0 saturated heterocycles. The summed E-state index contributed by atoms with van der Waals surface area (Å²) in [7, 11) is -7.52. The third-order valence-corrected chi connectivity index (χ3v) is 6.47. The van der Waals surface area contributed by atoms with Gasteiger partial charge in [-0.1, -0.05) is 6.08 Å². The second kappa shape index (κ2) is 4.67. The van der Waals surface area contributed by atoms with E-state index in [0.717, 1.165) is 10.9 Å². The Bertz CT molecular complexity index is 745. The van der Waals surface area contributed by atoms with Gasteiger partial charge >= 0.3 is 5.97 Å². The first-order chi connectivity index (χ1) is 8.71. The van der Waals surface area contributed by atoms with Crippen molar-refractivity contribution in [1.82, 2.24) is 9.71 Å². The van der Waals surface area contributed by atoms with Crippen molar-refractivity contribution < 1.29 is 26.7 Å². The van der Waals surface area contributed by atoms with Crippen LogP contribution in [0.4, 0.5) is 0 Å². The predicted octanol–water partition coefficient (Wildman–Crippen LogP) is -0.570. The first kappa shape index (κ1) is 14.1. The van der Waals surface area contributed by atoms with Crippen molar-refractivity contribution in [3.8, 4) is 0 Å². The zero-order chi connectivity index (χ0) is 14.3. The van der Waals surface area contributed by atoms with Crippen LogP contribution in [0.3, 0.4) is 0 Å². The third kappa shape index (κ3) is 3.00. The van der Waals surface area contributed by atoms with Gasteiger partial charge in [0.2, 0.25) is 0 Å². The van der Waals surface area contributed by atoms with Gasteiger partial charge < -0.3 is 5.11 Å². The lowest BCUT2D eigenvalue weighted by molar-refractivity contribution is 0.0687. The number of carboxylic acid groups (broad SMARTS) is 1. The predicted molar refractivity (Wildman–Crippen MR) is 66.1 cm³/mol. The maximum atomic E-state index is 12.0. The summed E-state index contributed by atoms with van der Waals surface area (Å²) in [6, 6.07) is -0.904. The number of rotatable bonds is 4. The number of carboxylic acids is 1. The number of sulfonamides is 1. The van der Waals surface area contributed by atoms with Crippen molar-refractivity contribution in [3.63, 3.8) is 0 Å². The van der Waals surface area contributed by atoms with Crippen molar-refractivity contribution in [2.75, 3.05) is 5.75 Å². The standard InChI is InChI=1S/C8H8N2O6S3/c11-7(12)6-8(17-4-9-6)19(15,16)10-5-1-2-18(13,14)3-5/h1-2,4-5,10H,3H2,(H,11,12). The summed E-state index contributed by atoms with van der Waals surface area (Å²) in [5, 5.41) is 9.73. The van der Waals surface area contributed by atoms with Crippen LogP contribution in [0.25, 0.3) is 0 Å². The van der Waals surface area contributed by atoms with Crippen molar-refractivity contribution in [1.29, 1.82) is 0 Å². The Labute approximate surface area is 112 Å². The van der Waals surface area contributed by atoms with E-state index < -0.39 is 41.8 Å². The molecular formula is C8H8N2O6S3. The van der Waals surface area contributed by atoms with Crippen LogP contribution in [0.2, 0.25) is 0 Å². The maximum Gasteiger partial charge on any atom is 0.356 e. The number of nitrogens with one attached hydrogen (secondary N) is 1. The number of hydrogen-bond donors (Lipinski definition) is 2. The lowest BCUT2D eigenvalue weighted by atomic mass is 10.4. The average Bonchev–Trinajstić information content (AvgIpc) is 2.84. The molecular weight excluding hydrogens is 316 g/mol. The van der Waals surface area contributed by atoms with Gasteiger partial charge in [-0.3, -0.25) is 0 Å². The Morgan fingerprint density at radius 3 is 2.74 bits per heavy atom. The first-order valence-electron chi connectivity index (χ1n) is 4.81. The van der Waals surface area contributed by atoms with Gasteiger partial charge in [0, 0.05) is 5.41 Å². The van der Waals surface area contributed by atoms with E-state index in [0.29, 0.717) is 11.3 Å². The molecule has 1 unspecified atom stereocenters. The quantitative estimate of drug-likeness (QED) is 0.758. The summed E-state index contributed by atoms with van der Waals surface area (Å²) in [6.45, 7) is 0. The highest BCUT2D eigenvalue weighted by Crippen LogP contribution is 2.21. The molecule has 0 bridgehead atoms. The van der Waals surface area contributed by atoms with Gasteiger partial charge in [0.1, 0.15) is 0 Å². The molecule has 104 valence electrons. The van der Waals surface area contributed by atoms with Gasteiger partial charge in [0.25, 0.3) is 10.0 Å². The topological polar surface area (TPSA) is 130 Å². The second-order valence-corrected chi connectivity index (χ2v) is 8.37. The van der Waals surface area contributed by atoms with Gasteiger partial charge in [-0.25, -0.2) is 31.3 Å². The monoisotopic (exact) mass is 324 g/mol. The molecule has 0 radical (unpaired) electrons. The Balaban J connectivity index is 2.27. The highest BCUT2D eigenvalue weighted by Gasteiger charge is 2.30. The van der Waals surface area contributed by atoms with E-state index >= 15 is 0 Å². The van der Waals surface area contributed by atoms with E-state index in [-0.39, 0.29) is 5.75 Å². The van der Waals surface area contributed by atoms with E-state index in [9.17, 15) is 21.6 Å². The minimum atomic E-state index is -4.12. The number of hydrogen-bond acceptors (Lipinski definition) is 7. The molecule has 1 aromatic rings. The maximum absolute atomic E-state index is 12.0. The number of nitrogens with zero attached hydrogens (tertiary/aromatic N) is 1. The summed E-state index contributed by atoms with van der Waals surface area (Å²) >= 11 is 0.652. The fourth-order valence-electron chi connectivity index (χ4n) is 1.47. The summed E-state index contributed by atoms with van der Waals surface area (Å²) in [4.78, 5) is 14.3. The van der Waals surface area contributed by atoms with Crippen LogP contribution >= 0.6 is 11.3 Å². The highest BCUT2D eigenvalue weighted by molar-refractivity contribution is 7.94. The molecule has 2 rings (SSSR count). The summed E-state index contributed by atoms with van der Waals surface area (Å²) in [6.07, 6.45) is 1.20. The first-order valence-corrected chi connectivity index (χ1v) is 8.89. The molecule has 19 heavy (non-hydrogen) atoms. The van der Waals surface area contributed by atoms with Gasteiger partial charge in [-0.2, -0.15) is 0 Å². The number of sulfone groups is 1. The van der Waals surface area contributed by atoms with E-state index in [2.05, 4.69) is 9.71 Å². The molecule has 0 aliphatic carbocycles. The van der Waals surface area contributed by atoms with Gasteiger partial charge in [0.15, 0.2) is 19.7 Å². The third-order valence-electron chi connectivity index (χ3n) is 2.22. The molecule has 1 aromatic heterocycles. The van der Waals surface area contributed by atoms with Crippen molar-refractivity contribution in [2.45, 2.75) is 10.3 Å². The Kier molecular flexibility index (Phi) is 3.47. The fourth-order valence-corrected chi connectivity index (χ4v) is 5.16. The van der Waals surface area contributed by atoms with Crippen LogP contribution in [-0.4, -0.2) is 44.7 Å². The average molecular weight is 324 g/mol. The van der Waals surface area contributed by atoms with E-state index in [1.165, 1.54) is 6.08 Å². The number of aromatic nitrogens is 1. The molecule has 0 fully saturated rings. The SMILES string of the molecule is O=C(O)c1ncsc1S(=O)(=O)NC1C=CS(=O)(=O)C1. The zero-order valence-corrected chi connectivity index (χ0v) is 11.6. The minimum absolute atomic E-state index is 0.382. The highest BCUT2D eigenvalue weighted by atomic mass is 32.2. The summed E-state index contributed by atoms with van der Waals surface area (Å²) < 4.78 is 47.9. The van der Waals surface area contributed by atoms with Crippen molar-refractivity contribution in [3.05, 3.63) is 22.7 Å². The molecule has 0 amide bonds. The number of thiazole rings is 1. The lowest BCUT2D eigenvalue weighted by Crippen LogP contribution is -2.35. The molecule has 1 aliphatic rings. The molecule has 11 heteroatoms. The van der Waals surface area contributed by atoms with E-state index in [1.807, 2.05) is 0 Å². The number of carbonyl (C=O) groups is 1. The Hall–Kier alpha value is -1.30. The zero-order valence-electron chi connectivity index (χ0n) is 9.18. The molecule has 2 N–H and O–H groups in total. The van der Waals surface area contributed by atoms with Gasteiger partial charge in [0.05, 0.1) is 17.3 Å². The minimum Gasteiger partial charge on any atom is -0.476 e. The lowest BCUT2D eigenvalue weighted by Gasteiger charge is -2.09. The molecule has 2 heterocycles. The molecule has 0 saturated carbocycles. The van der Waals surface area contributed by atoms with Crippen LogP contribution in [0.1, 0.15) is 10.5 Å². The Morgan fingerprint density at radius 2 is 2.21 bits per heavy atom. The van der Waals surface area contributed by atoms with Gasteiger partial charge in [-0.15, -0.1) is 11.3 Å². The largest absolute Gasteiger partial charge is 0.476 e. The van der Waals surface area contributed by atoms with Crippen molar-refractivity contribution in [2.24, 2.45) is 0 Å². The molecule has 1 aliphatic heterocycles. The molecule has 8 nitrogen and oxygen atoms in total. The van der Waals surface area contributed by atoms with Crippen LogP contribution < -0.4 is 4.72 Å². The van der Waals surface area contributed by atoms with E-state index in [1.54, 1.807) is 0 Å².